The molecule has 2 aromatic rings. The van der Waals surface area contributed by atoms with Crippen molar-refractivity contribution >= 4 is 0 Å². The van der Waals surface area contributed by atoms with Gasteiger partial charge in [0.2, 0.25) is 0 Å². The molecule has 0 heterocycles. The van der Waals surface area contributed by atoms with Crippen molar-refractivity contribution in [3.05, 3.63) is 97.1 Å². The summed E-state index contributed by atoms with van der Waals surface area (Å²) in [4.78, 5) is 0. The Morgan fingerprint density at radius 1 is 0.640 bits per heavy atom. The smallest absolute Gasteiger partial charge is 0.0156 e. The van der Waals surface area contributed by atoms with Crippen LogP contribution in [0.3, 0.4) is 0 Å². The lowest BCUT2D eigenvalue weighted by Crippen LogP contribution is -2.08. The van der Waals surface area contributed by atoms with Crippen molar-refractivity contribution in [2.45, 2.75) is 56.8 Å². The maximum Gasteiger partial charge on any atom is -0.0156 e. The van der Waals surface area contributed by atoms with Gasteiger partial charge in [0.15, 0.2) is 0 Å². The Labute approximate surface area is 154 Å². The van der Waals surface area contributed by atoms with Crippen LogP contribution in [0, 0.1) is 0 Å². The molecule has 0 nitrogen and oxygen atoms in total. The molecule has 2 aromatic carbocycles. The summed E-state index contributed by atoms with van der Waals surface area (Å²) < 4.78 is 0. The summed E-state index contributed by atoms with van der Waals surface area (Å²) in [5.74, 6) is 1.24. The maximum absolute atomic E-state index is 3.88. The van der Waals surface area contributed by atoms with Crippen LogP contribution in [0.2, 0.25) is 0 Å². The predicted molar refractivity (Wildman–Crippen MR) is 111 cm³/mol. The second-order valence-corrected chi connectivity index (χ2v) is 6.89. The third-order valence-corrected chi connectivity index (χ3v) is 5.03. The summed E-state index contributed by atoms with van der Waals surface area (Å²) in [6.07, 6.45) is 12.4. The van der Waals surface area contributed by atoms with Crippen LogP contribution in [-0.4, -0.2) is 0 Å². The van der Waals surface area contributed by atoms with Crippen molar-refractivity contribution in [2.75, 3.05) is 0 Å². The Morgan fingerprint density at radius 2 is 1.04 bits per heavy atom. The predicted octanol–water partition coefficient (Wildman–Crippen LogP) is 7.66. The molecule has 0 aromatic heterocycles. The van der Waals surface area contributed by atoms with Crippen LogP contribution >= 0.6 is 0 Å². The van der Waals surface area contributed by atoms with Crippen molar-refractivity contribution in [3.63, 3.8) is 0 Å². The van der Waals surface area contributed by atoms with Gasteiger partial charge in [0, 0.05) is 0 Å². The van der Waals surface area contributed by atoms with E-state index in [0.29, 0.717) is 11.8 Å². The van der Waals surface area contributed by atoms with Gasteiger partial charge in [-0.2, -0.15) is 0 Å². The molecular weight excluding hydrogens is 300 g/mol. The largest absolute Gasteiger partial charge is 0.103 e. The van der Waals surface area contributed by atoms with E-state index in [0.717, 1.165) is 12.8 Å². The van der Waals surface area contributed by atoms with Crippen molar-refractivity contribution in [1.29, 1.82) is 0 Å². The molecule has 0 N–H and O–H groups in total. The molecule has 0 radical (unpaired) electrons. The fourth-order valence-corrected chi connectivity index (χ4v) is 3.65. The maximum atomic E-state index is 3.88. The molecule has 2 atom stereocenters. The Bertz CT molecular complexity index is 541. The SMILES string of the molecule is C=CCCCC(CC(CCCC=C)c1ccccc1)c1ccccc1. The average Bonchev–Trinajstić information content (AvgIpc) is 2.67. The molecule has 25 heavy (non-hydrogen) atoms. The number of hydrogen-bond acceptors (Lipinski definition) is 0. The van der Waals surface area contributed by atoms with E-state index in [1.54, 1.807) is 0 Å². The second kappa shape index (κ2) is 11.5. The van der Waals surface area contributed by atoms with Gasteiger partial charge < -0.3 is 0 Å². The van der Waals surface area contributed by atoms with E-state index in [1.165, 1.54) is 43.2 Å². The summed E-state index contributed by atoms with van der Waals surface area (Å²) in [5, 5.41) is 0. The first-order valence-corrected chi connectivity index (χ1v) is 9.66. The summed E-state index contributed by atoms with van der Waals surface area (Å²) in [5.41, 5.74) is 2.97. The van der Waals surface area contributed by atoms with Crippen LogP contribution < -0.4 is 0 Å². The third kappa shape index (κ3) is 6.74. The zero-order valence-electron chi connectivity index (χ0n) is 15.4. The van der Waals surface area contributed by atoms with Crippen LogP contribution in [0.5, 0.6) is 0 Å². The first kappa shape index (κ1) is 19.2. The van der Waals surface area contributed by atoms with Crippen molar-refractivity contribution in [1.82, 2.24) is 0 Å². The minimum atomic E-state index is 0.620. The van der Waals surface area contributed by atoms with Crippen molar-refractivity contribution in [3.8, 4) is 0 Å². The van der Waals surface area contributed by atoms with Gasteiger partial charge in [-0.25, -0.2) is 0 Å². The molecule has 0 saturated heterocycles. The number of benzene rings is 2. The molecule has 0 saturated carbocycles. The van der Waals surface area contributed by atoms with Crippen LogP contribution in [0.15, 0.2) is 86.0 Å². The Hall–Kier alpha value is -2.08. The normalized spacial score (nSPS) is 13.1. The van der Waals surface area contributed by atoms with Gasteiger partial charge in [0.05, 0.1) is 0 Å². The Morgan fingerprint density at radius 3 is 1.40 bits per heavy atom. The van der Waals surface area contributed by atoms with E-state index in [9.17, 15) is 0 Å². The van der Waals surface area contributed by atoms with Gasteiger partial charge in [-0.15, -0.1) is 13.2 Å². The van der Waals surface area contributed by atoms with E-state index in [-0.39, 0.29) is 0 Å². The van der Waals surface area contributed by atoms with E-state index < -0.39 is 0 Å². The highest BCUT2D eigenvalue weighted by molar-refractivity contribution is 5.23. The lowest BCUT2D eigenvalue weighted by Gasteiger charge is -2.25. The molecule has 0 amide bonds. The lowest BCUT2D eigenvalue weighted by atomic mass is 9.80. The first-order valence-electron chi connectivity index (χ1n) is 9.66. The lowest BCUT2D eigenvalue weighted by molar-refractivity contribution is 0.466. The highest BCUT2D eigenvalue weighted by Crippen LogP contribution is 2.36. The summed E-state index contributed by atoms with van der Waals surface area (Å²) in [6, 6.07) is 22.1. The van der Waals surface area contributed by atoms with Crippen LogP contribution in [0.4, 0.5) is 0 Å². The summed E-state index contributed by atoms with van der Waals surface area (Å²) >= 11 is 0. The van der Waals surface area contributed by atoms with Gasteiger partial charge in [-0.1, -0.05) is 72.8 Å². The summed E-state index contributed by atoms with van der Waals surface area (Å²) in [7, 11) is 0. The summed E-state index contributed by atoms with van der Waals surface area (Å²) in [6.45, 7) is 7.76. The minimum absolute atomic E-state index is 0.620. The average molecular weight is 333 g/mol. The Kier molecular flexibility index (Phi) is 8.83. The van der Waals surface area contributed by atoms with E-state index in [2.05, 4.69) is 73.8 Å². The molecule has 0 heteroatoms. The highest BCUT2D eigenvalue weighted by Gasteiger charge is 2.19. The third-order valence-electron chi connectivity index (χ3n) is 5.03. The van der Waals surface area contributed by atoms with E-state index >= 15 is 0 Å². The molecule has 132 valence electrons. The van der Waals surface area contributed by atoms with Crippen LogP contribution in [-0.2, 0) is 0 Å². The van der Waals surface area contributed by atoms with Gasteiger partial charge in [0.1, 0.15) is 0 Å². The molecule has 0 fully saturated rings. The zero-order chi connectivity index (χ0) is 17.7. The van der Waals surface area contributed by atoms with E-state index in [1.807, 2.05) is 12.2 Å². The van der Waals surface area contributed by atoms with Gasteiger partial charge >= 0.3 is 0 Å². The van der Waals surface area contributed by atoms with Gasteiger partial charge in [-0.3, -0.25) is 0 Å². The topological polar surface area (TPSA) is 0 Å². The standard InChI is InChI=1S/C25H32/c1-3-5-9-19-24(22-15-11-7-12-16-22)21-25(20-10-6-4-2)23-17-13-8-14-18-23/h3-4,7-8,11-18,24-25H,1-2,5-6,9-10,19-21H2. The monoisotopic (exact) mass is 332 g/mol. The number of hydrogen-bond donors (Lipinski definition) is 0. The van der Waals surface area contributed by atoms with Crippen LogP contribution in [0.1, 0.15) is 67.9 Å². The quantitative estimate of drug-likeness (QED) is 0.276. The fourth-order valence-electron chi connectivity index (χ4n) is 3.65. The second-order valence-electron chi connectivity index (χ2n) is 6.89. The molecule has 0 spiro atoms. The Balaban J connectivity index is 2.14. The minimum Gasteiger partial charge on any atom is -0.103 e. The molecule has 0 aliphatic rings. The molecule has 0 aliphatic carbocycles. The van der Waals surface area contributed by atoms with Crippen LogP contribution in [0.25, 0.3) is 0 Å². The highest BCUT2D eigenvalue weighted by atomic mass is 14.2. The van der Waals surface area contributed by atoms with Gasteiger partial charge in [0.25, 0.3) is 0 Å². The molecule has 2 unspecified atom stereocenters. The van der Waals surface area contributed by atoms with Crippen molar-refractivity contribution in [2.24, 2.45) is 0 Å². The number of rotatable bonds is 12. The zero-order valence-corrected chi connectivity index (χ0v) is 15.4. The van der Waals surface area contributed by atoms with Crippen molar-refractivity contribution < 1.29 is 0 Å². The fraction of sp³-hybridized carbons (Fsp3) is 0.360. The molecular formula is C25H32. The van der Waals surface area contributed by atoms with Gasteiger partial charge in [-0.05, 0) is 67.9 Å². The number of unbranched alkanes of at least 4 members (excludes halogenated alkanes) is 2. The first-order chi connectivity index (χ1) is 12.3. The molecule has 0 bridgehead atoms. The molecule has 0 aliphatic heterocycles. The van der Waals surface area contributed by atoms with E-state index in [4.69, 9.17) is 0 Å². The number of allylic oxidation sites excluding steroid dienone is 2. The molecule has 2 rings (SSSR count).